The summed E-state index contributed by atoms with van der Waals surface area (Å²) < 4.78 is 0. The van der Waals surface area contributed by atoms with E-state index in [2.05, 4.69) is 38.3 Å². The number of rotatable bonds is 11. The lowest BCUT2D eigenvalue weighted by Crippen LogP contribution is -2.50. The van der Waals surface area contributed by atoms with Gasteiger partial charge in [-0.1, -0.05) is 46.0 Å². The number of carbonyl (C=O) groups is 1. The van der Waals surface area contributed by atoms with Crippen LogP contribution in [0.15, 0.2) is 0 Å². The minimum absolute atomic E-state index is 0.0959. The van der Waals surface area contributed by atoms with E-state index in [9.17, 15) is 4.79 Å². The van der Waals surface area contributed by atoms with Gasteiger partial charge in [-0.05, 0) is 40.2 Å². The lowest BCUT2D eigenvalue weighted by atomic mass is 10.0. The third kappa shape index (κ3) is 9.94. The molecule has 0 spiro atoms. The Balaban J connectivity index is 3.63. The molecule has 3 nitrogen and oxygen atoms in total. The lowest BCUT2D eigenvalue weighted by molar-refractivity contribution is -0.124. The monoisotopic (exact) mass is 270 g/mol. The Bertz CT molecular complexity index is 239. The van der Waals surface area contributed by atoms with E-state index in [1.54, 1.807) is 0 Å². The van der Waals surface area contributed by atoms with Gasteiger partial charge in [0.25, 0.3) is 0 Å². The van der Waals surface area contributed by atoms with Crippen LogP contribution in [-0.2, 0) is 4.79 Å². The summed E-state index contributed by atoms with van der Waals surface area (Å²) in [6, 6.07) is -0.0959. The third-order valence-corrected chi connectivity index (χ3v) is 3.72. The molecule has 0 heterocycles. The Kier molecular flexibility index (Phi) is 9.94. The molecule has 1 atom stereocenters. The van der Waals surface area contributed by atoms with Crippen LogP contribution in [0.3, 0.4) is 0 Å². The van der Waals surface area contributed by atoms with E-state index >= 15 is 0 Å². The fourth-order valence-electron chi connectivity index (χ4n) is 1.85. The van der Waals surface area contributed by atoms with Crippen LogP contribution in [-0.4, -0.2) is 24.0 Å². The van der Waals surface area contributed by atoms with Crippen molar-refractivity contribution in [2.24, 2.45) is 0 Å². The summed E-state index contributed by atoms with van der Waals surface area (Å²) in [7, 11) is 0. The fraction of sp³-hybridized carbons (Fsp3) is 0.938. The molecule has 0 aliphatic carbocycles. The molecule has 1 unspecified atom stereocenters. The van der Waals surface area contributed by atoms with E-state index in [0.717, 1.165) is 13.0 Å². The Morgan fingerprint density at radius 3 is 2.21 bits per heavy atom. The third-order valence-electron chi connectivity index (χ3n) is 3.72. The van der Waals surface area contributed by atoms with Gasteiger partial charge >= 0.3 is 0 Å². The SMILES string of the molecule is CCCCCCCCNC(C)C(=O)NC(C)(C)CC. The Labute approximate surface area is 119 Å². The minimum atomic E-state index is -0.104. The van der Waals surface area contributed by atoms with Crippen LogP contribution >= 0.6 is 0 Å². The zero-order valence-electron chi connectivity index (χ0n) is 13.6. The molecule has 0 aromatic heterocycles. The van der Waals surface area contributed by atoms with E-state index in [1.165, 1.54) is 38.5 Å². The van der Waals surface area contributed by atoms with Crippen molar-refractivity contribution in [2.45, 2.75) is 91.1 Å². The first-order valence-electron chi connectivity index (χ1n) is 7.98. The van der Waals surface area contributed by atoms with Crippen molar-refractivity contribution >= 4 is 5.91 Å². The molecule has 2 N–H and O–H groups in total. The zero-order valence-corrected chi connectivity index (χ0v) is 13.6. The Morgan fingerprint density at radius 1 is 1.05 bits per heavy atom. The van der Waals surface area contributed by atoms with Crippen molar-refractivity contribution in [3.05, 3.63) is 0 Å². The highest BCUT2D eigenvalue weighted by molar-refractivity contribution is 5.81. The molecule has 0 aliphatic heterocycles. The normalized spacial score (nSPS) is 13.3. The summed E-state index contributed by atoms with van der Waals surface area (Å²) in [6.07, 6.45) is 8.68. The summed E-state index contributed by atoms with van der Waals surface area (Å²) in [5.74, 6) is 0.109. The maximum Gasteiger partial charge on any atom is 0.237 e. The standard InChI is InChI=1S/C16H34N2O/c1-6-8-9-10-11-12-13-17-14(3)15(19)18-16(4,5)7-2/h14,17H,6-13H2,1-5H3,(H,18,19). The number of amides is 1. The van der Waals surface area contributed by atoms with Gasteiger partial charge < -0.3 is 10.6 Å². The Hall–Kier alpha value is -0.570. The van der Waals surface area contributed by atoms with Crippen LogP contribution in [0.25, 0.3) is 0 Å². The van der Waals surface area contributed by atoms with Gasteiger partial charge in [0.15, 0.2) is 0 Å². The first-order valence-corrected chi connectivity index (χ1v) is 7.98. The molecular weight excluding hydrogens is 236 g/mol. The average molecular weight is 270 g/mol. The smallest absolute Gasteiger partial charge is 0.237 e. The van der Waals surface area contributed by atoms with Crippen LogP contribution in [0, 0.1) is 0 Å². The van der Waals surface area contributed by atoms with E-state index in [0.29, 0.717) is 0 Å². The minimum Gasteiger partial charge on any atom is -0.350 e. The molecule has 0 aromatic rings. The second kappa shape index (κ2) is 10.2. The van der Waals surface area contributed by atoms with E-state index < -0.39 is 0 Å². The molecule has 1 amide bonds. The van der Waals surface area contributed by atoms with Crippen molar-refractivity contribution in [2.75, 3.05) is 6.54 Å². The largest absolute Gasteiger partial charge is 0.350 e. The number of unbranched alkanes of at least 4 members (excludes halogenated alkanes) is 5. The molecular formula is C16H34N2O. The quantitative estimate of drug-likeness (QED) is 0.563. The first kappa shape index (κ1) is 18.4. The summed E-state index contributed by atoms with van der Waals surface area (Å²) in [5.41, 5.74) is -0.104. The van der Waals surface area contributed by atoms with Crippen molar-refractivity contribution < 1.29 is 4.79 Å². The molecule has 0 rings (SSSR count). The molecule has 0 saturated heterocycles. The van der Waals surface area contributed by atoms with E-state index in [-0.39, 0.29) is 17.5 Å². The van der Waals surface area contributed by atoms with Crippen LogP contribution in [0.1, 0.15) is 79.6 Å². The number of nitrogens with one attached hydrogen (secondary N) is 2. The van der Waals surface area contributed by atoms with Gasteiger partial charge in [0, 0.05) is 5.54 Å². The van der Waals surface area contributed by atoms with E-state index in [4.69, 9.17) is 0 Å². The van der Waals surface area contributed by atoms with Gasteiger partial charge in [-0.25, -0.2) is 0 Å². The second-order valence-electron chi connectivity index (χ2n) is 6.17. The molecule has 0 saturated carbocycles. The van der Waals surface area contributed by atoms with Crippen LogP contribution in [0.4, 0.5) is 0 Å². The number of carbonyl (C=O) groups excluding carboxylic acids is 1. The summed E-state index contributed by atoms with van der Waals surface area (Å²) >= 11 is 0. The van der Waals surface area contributed by atoms with Gasteiger partial charge in [-0.15, -0.1) is 0 Å². The predicted molar refractivity (Wildman–Crippen MR) is 83.4 cm³/mol. The summed E-state index contributed by atoms with van der Waals surface area (Å²) in [4.78, 5) is 11.9. The number of hydrogen-bond donors (Lipinski definition) is 2. The summed E-state index contributed by atoms with van der Waals surface area (Å²) in [5, 5.41) is 6.38. The second-order valence-corrected chi connectivity index (χ2v) is 6.17. The molecule has 114 valence electrons. The molecule has 0 aliphatic rings. The van der Waals surface area contributed by atoms with Crippen molar-refractivity contribution in [1.29, 1.82) is 0 Å². The van der Waals surface area contributed by atoms with Crippen LogP contribution < -0.4 is 10.6 Å². The molecule has 3 heteroatoms. The molecule has 0 fully saturated rings. The van der Waals surface area contributed by atoms with Crippen molar-refractivity contribution in [3.8, 4) is 0 Å². The van der Waals surface area contributed by atoms with Crippen LogP contribution in [0.2, 0.25) is 0 Å². The maximum atomic E-state index is 11.9. The molecule has 19 heavy (non-hydrogen) atoms. The van der Waals surface area contributed by atoms with Gasteiger partial charge in [-0.2, -0.15) is 0 Å². The highest BCUT2D eigenvalue weighted by atomic mass is 16.2. The predicted octanol–water partition coefficient (Wildman–Crippen LogP) is 3.63. The molecule has 0 bridgehead atoms. The van der Waals surface area contributed by atoms with Crippen LogP contribution in [0.5, 0.6) is 0 Å². The highest BCUT2D eigenvalue weighted by Crippen LogP contribution is 2.07. The zero-order chi connectivity index (χ0) is 14.7. The van der Waals surface area contributed by atoms with Gasteiger partial charge in [-0.3, -0.25) is 4.79 Å². The van der Waals surface area contributed by atoms with Crippen molar-refractivity contribution in [3.63, 3.8) is 0 Å². The summed E-state index contributed by atoms with van der Waals surface area (Å²) in [6.45, 7) is 11.3. The van der Waals surface area contributed by atoms with Crippen molar-refractivity contribution in [1.82, 2.24) is 10.6 Å². The van der Waals surface area contributed by atoms with Gasteiger partial charge in [0.2, 0.25) is 5.91 Å². The lowest BCUT2D eigenvalue weighted by Gasteiger charge is -2.26. The molecule has 0 radical (unpaired) electrons. The number of hydrogen-bond acceptors (Lipinski definition) is 2. The van der Waals surface area contributed by atoms with Gasteiger partial charge in [0.1, 0.15) is 0 Å². The van der Waals surface area contributed by atoms with Gasteiger partial charge in [0.05, 0.1) is 6.04 Å². The highest BCUT2D eigenvalue weighted by Gasteiger charge is 2.21. The first-order chi connectivity index (χ1) is 8.93. The average Bonchev–Trinajstić information content (AvgIpc) is 2.37. The fourth-order valence-corrected chi connectivity index (χ4v) is 1.85. The Morgan fingerprint density at radius 2 is 1.63 bits per heavy atom. The molecule has 0 aromatic carbocycles. The van der Waals surface area contributed by atoms with E-state index in [1.807, 2.05) is 6.92 Å². The topological polar surface area (TPSA) is 41.1 Å². The maximum absolute atomic E-state index is 11.9.